The van der Waals surface area contributed by atoms with Gasteiger partial charge in [-0.1, -0.05) is 18.2 Å². The van der Waals surface area contributed by atoms with E-state index in [1.54, 1.807) is 17.0 Å². The Balaban J connectivity index is 1.63. The lowest BCUT2D eigenvalue weighted by atomic mass is 10.1. The summed E-state index contributed by atoms with van der Waals surface area (Å²) in [6.07, 6.45) is 0.220. The molecule has 0 bridgehead atoms. The minimum absolute atomic E-state index is 0.0935. The number of urea groups is 1. The Morgan fingerprint density at radius 2 is 1.76 bits per heavy atom. The molecule has 1 saturated heterocycles. The van der Waals surface area contributed by atoms with E-state index in [0.29, 0.717) is 12.2 Å². The highest BCUT2D eigenvalue weighted by molar-refractivity contribution is 5.97. The average molecular weight is 341 g/mol. The van der Waals surface area contributed by atoms with Crippen molar-refractivity contribution < 1.29 is 14.0 Å². The first-order valence-corrected chi connectivity index (χ1v) is 8.13. The van der Waals surface area contributed by atoms with Crippen LogP contribution in [0.15, 0.2) is 42.5 Å². The zero-order chi connectivity index (χ0) is 18.0. The largest absolute Gasteiger partial charge is 0.333 e. The molecule has 5 nitrogen and oxygen atoms in total. The molecule has 2 aromatic rings. The van der Waals surface area contributed by atoms with Crippen LogP contribution in [-0.4, -0.2) is 24.5 Å². The molecule has 0 saturated carbocycles. The molecular formula is C19H20FN3O2. The first-order valence-electron chi connectivity index (χ1n) is 8.13. The van der Waals surface area contributed by atoms with E-state index in [0.717, 1.165) is 16.8 Å². The van der Waals surface area contributed by atoms with Gasteiger partial charge in [-0.3, -0.25) is 4.79 Å². The lowest BCUT2D eigenvalue weighted by molar-refractivity contribution is -0.117. The highest BCUT2D eigenvalue weighted by Crippen LogP contribution is 2.22. The minimum atomic E-state index is -0.349. The van der Waals surface area contributed by atoms with Crippen LogP contribution in [0.1, 0.15) is 17.5 Å². The fourth-order valence-electron chi connectivity index (χ4n) is 3.02. The number of hydrogen-bond donors (Lipinski definition) is 2. The molecule has 3 amide bonds. The Hall–Kier alpha value is -2.89. The molecule has 0 aromatic heterocycles. The van der Waals surface area contributed by atoms with E-state index in [1.165, 1.54) is 12.1 Å². The minimum Gasteiger partial charge on any atom is -0.333 e. The van der Waals surface area contributed by atoms with Gasteiger partial charge in [0.25, 0.3) is 0 Å². The number of nitrogens with zero attached hydrogens (tertiary/aromatic N) is 1. The number of nitrogens with one attached hydrogen (secondary N) is 2. The molecule has 0 aliphatic carbocycles. The van der Waals surface area contributed by atoms with Gasteiger partial charge in [0.05, 0.1) is 6.04 Å². The monoisotopic (exact) mass is 341 g/mol. The maximum Gasteiger partial charge on any atom is 0.319 e. The predicted molar refractivity (Wildman–Crippen MR) is 95.2 cm³/mol. The van der Waals surface area contributed by atoms with E-state index < -0.39 is 0 Å². The van der Waals surface area contributed by atoms with Crippen molar-refractivity contribution in [3.05, 3.63) is 59.4 Å². The number of para-hydroxylation sites is 1. The van der Waals surface area contributed by atoms with Gasteiger partial charge >= 0.3 is 6.03 Å². The molecule has 1 fully saturated rings. The maximum atomic E-state index is 13.0. The Morgan fingerprint density at radius 3 is 2.40 bits per heavy atom. The number of anilines is 2. The van der Waals surface area contributed by atoms with Crippen LogP contribution in [0.4, 0.5) is 20.6 Å². The number of carbonyl (C=O) groups is 2. The van der Waals surface area contributed by atoms with Gasteiger partial charge in [-0.05, 0) is 49.2 Å². The fraction of sp³-hybridized carbons (Fsp3) is 0.263. The number of benzene rings is 2. The van der Waals surface area contributed by atoms with Gasteiger partial charge < -0.3 is 15.5 Å². The van der Waals surface area contributed by atoms with Crippen LogP contribution in [0.25, 0.3) is 0 Å². The predicted octanol–water partition coefficient (Wildman–Crippen LogP) is 3.37. The SMILES string of the molecule is Cc1cccc(C)c1NC(=O)N[C@@H]1CC(=O)N(c2ccc(F)cc2)C1. The molecule has 1 heterocycles. The summed E-state index contributed by atoms with van der Waals surface area (Å²) in [5.41, 5.74) is 3.36. The van der Waals surface area contributed by atoms with Gasteiger partial charge in [0.2, 0.25) is 5.91 Å². The van der Waals surface area contributed by atoms with Crippen molar-refractivity contribution in [2.75, 3.05) is 16.8 Å². The van der Waals surface area contributed by atoms with E-state index in [9.17, 15) is 14.0 Å². The normalized spacial score (nSPS) is 16.8. The smallest absolute Gasteiger partial charge is 0.319 e. The van der Waals surface area contributed by atoms with E-state index >= 15 is 0 Å². The zero-order valence-corrected chi connectivity index (χ0v) is 14.2. The van der Waals surface area contributed by atoms with Crippen LogP contribution in [0, 0.1) is 19.7 Å². The number of carbonyl (C=O) groups excluding carboxylic acids is 2. The van der Waals surface area contributed by atoms with Crippen LogP contribution in [0.2, 0.25) is 0 Å². The lowest BCUT2D eigenvalue weighted by Gasteiger charge is -2.18. The molecule has 1 aliphatic rings. The zero-order valence-electron chi connectivity index (χ0n) is 14.2. The van der Waals surface area contributed by atoms with Gasteiger partial charge in [-0.15, -0.1) is 0 Å². The third-order valence-electron chi connectivity index (χ3n) is 4.32. The van der Waals surface area contributed by atoms with Crippen molar-refractivity contribution in [2.24, 2.45) is 0 Å². The number of rotatable bonds is 3. The van der Waals surface area contributed by atoms with Crippen molar-refractivity contribution in [3.63, 3.8) is 0 Å². The average Bonchev–Trinajstić information content (AvgIpc) is 2.92. The summed E-state index contributed by atoms with van der Waals surface area (Å²) < 4.78 is 13.0. The summed E-state index contributed by atoms with van der Waals surface area (Å²) in [6, 6.07) is 10.9. The molecule has 0 unspecified atom stereocenters. The number of aryl methyl sites for hydroxylation is 2. The molecule has 0 spiro atoms. The fourth-order valence-corrected chi connectivity index (χ4v) is 3.02. The van der Waals surface area contributed by atoms with Crippen LogP contribution < -0.4 is 15.5 Å². The number of halogens is 1. The molecular weight excluding hydrogens is 321 g/mol. The molecule has 2 aromatic carbocycles. The molecule has 130 valence electrons. The van der Waals surface area contributed by atoms with Gasteiger partial charge in [0.15, 0.2) is 0 Å². The van der Waals surface area contributed by atoms with Gasteiger partial charge in [0.1, 0.15) is 5.82 Å². The number of hydrogen-bond acceptors (Lipinski definition) is 2. The Kier molecular flexibility index (Phi) is 4.70. The molecule has 6 heteroatoms. The molecule has 0 radical (unpaired) electrons. The third kappa shape index (κ3) is 3.79. The van der Waals surface area contributed by atoms with Crippen molar-refractivity contribution in [1.29, 1.82) is 0 Å². The number of amides is 3. The van der Waals surface area contributed by atoms with E-state index in [-0.39, 0.29) is 30.2 Å². The van der Waals surface area contributed by atoms with Gasteiger partial charge in [0, 0.05) is 24.3 Å². The van der Waals surface area contributed by atoms with E-state index in [2.05, 4.69) is 10.6 Å². The Bertz CT molecular complexity index is 785. The van der Waals surface area contributed by atoms with Crippen LogP contribution in [0.5, 0.6) is 0 Å². The lowest BCUT2D eigenvalue weighted by Crippen LogP contribution is -2.40. The van der Waals surface area contributed by atoms with Crippen molar-refractivity contribution >= 4 is 23.3 Å². The second kappa shape index (κ2) is 6.93. The molecule has 2 N–H and O–H groups in total. The first kappa shape index (κ1) is 17.0. The van der Waals surface area contributed by atoms with E-state index in [4.69, 9.17) is 0 Å². The van der Waals surface area contributed by atoms with Crippen LogP contribution in [0.3, 0.4) is 0 Å². The summed E-state index contributed by atoms with van der Waals surface area (Å²) in [7, 11) is 0. The van der Waals surface area contributed by atoms with Gasteiger partial charge in [-0.2, -0.15) is 0 Å². The van der Waals surface area contributed by atoms with Crippen molar-refractivity contribution in [2.45, 2.75) is 26.3 Å². The maximum absolute atomic E-state index is 13.0. The van der Waals surface area contributed by atoms with Gasteiger partial charge in [-0.25, -0.2) is 9.18 Å². The summed E-state index contributed by atoms with van der Waals surface area (Å²) in [6.45, 7) is 4.22. The summed E-state index contributed by atoms with van der Waals surface area (Å²) >= 11 is 0. The molecule has 25 heavy (non-hydrogen) atoms. The highest BCUT2D eigenvalue weighted by atomic mass is 19.1. The third-order valence-corrected chi connectivity index (χ3v) is 4.32. The molecule has 3 rings (SSSR count). The Labute approximate surface area is 145 Å². The summed E-state index contributed by atoms with van der Waals surface area (Å²) in [5.74, 6) is -0.443. The second-order valence-electron chi connectivity index (χ2n) is 6.25. The topological polar surface area (TPSA) is 61.4 Å². The molecule has 1 aliphatic heterocycles. The van der Waals surface area contributed by atoms with Crippen molar-refractivity contribution in [1.82, 2.24) is 5.32 Å². The van der Waals surface area contributed by atoms with Crippen LogP contribution in [-0.2, 0) is 4.79 Å². The standard InChI is InChI=1S/C19H20FN3O2/c1-12-4-3-5-13(2)18(12)22-19(25)21-15-10-17(24)23(11-15)16-8-6-14(20)7-9-16/h3-9,15H,10-11H2,1-2H3,(H2,21,22,25)/t15-/m1/s1. The summed E-state index contributed by atoms with van der Waals surface area (Å²) in [4.78, 5) is 26.0. The Morgan fingerprint density at radius 1 is 1.12 bits per heavy atom. The van der Waals surface area contributed by atoms with E-state index in [1.807, 2.05) is 32.0 Å². The van der Waals surface area contributed by atoms with Crippen molar-refractivity contribution in [3.8, 4) is 0 Å². The quantitative estimate of drug-likeness (QED) is 0.899. The second-order valence-corrected chi connectivity index (χ2v) is 6.25. The molecule has 1 atom stereocenters. The highest BCUT2D eigenvalue weighted by Gasteiger charge is 2.31. The van der Waals surface area contributed by atoms with Crippen LogP contribution >= 0.6 is 0 Å². The summed E-state index contributed by atoms with van der Waals surface area (Å²) in [5, 5.41) is 5.69. The first-order chi connectivity index (χ1) is 11.9.